The average Bonchev–Trinajstić information content (AvgIpc) is 2.96. The summed E-state index contributed by atoms with van der Waals surface area (Å²) >= 11 is 5.81. The van der Waals surface area contributed by atoms with Crippen molar-refractivity contribution in [1.29, 1.82) is 0 Å². The Hall–Kier alpha value is -2.33. The number of rotatable bonds is 3. The van der Waals surface area contributed by atoms with Crippen LogP contribution < -0.4 is 5.32 Å². The van der Waals surface area contributed by atoms with Gasteiger partial charge in [0.25, 0.3) is 0 Å². The molecule has 94 valence electrons. The van der Waals surface area contributed by atoms with Crippen molar-refractivity contribution in [3.05, 3.63) is 66.1 Å². The van der Waals surface area contributed by atoms with E-state index in [9.17, 15) is 0 Å². The second-order valence-electron chi connectivity index (χ2n) is 3.99. The van der Waals surface area contributed by atoms with E-state index in [1.807, 2.05) is 42.6 Å². The number of aromatic nitrogens is 3. The van der Waals surface area contributed by atoms with Crippen LogP contribution in [-0.2, 0) is 0 Å². The molecule has 2 aromatic heterocycles. The third-order valence-electron chi connectivity index (χ3n) is 2.61. The molecule has 4 nitrogen and oxygen atoms in total. The molecule has 0 saturated carbocycles. The molecule has 0 amide bonds. The number of nitrogens with one attached hydrogen (secondary N) is 1. The minimum atomic E-state index is 0.621. The van der Waals surface area contributed by atoms with Gasteiger partial charge in [-0.05, 0) is 36.4 Å². The molecular formula is C14H11ClN4. The number of hydrogen-bond donors (Lipinski definition) is 1. The zero-order valence-corrected chi connectivity index (χ0v) is 10.7. The van der Waals surface area contributed by atoms with E-state index in [2.05, 4.69) is 15.4 Å². The van der Waals surface area contributed by atoms with E-state index in [4.69, 9.17) is 11.6 Å². The second-order valence-corrected chi connectivity index (χ2v) is 4.42. The highest BCUT2D eigenvalue weighted by Crippen LogP contribution is 2.18. The molecule has 0 aliphatic carbocycles. The summed E-state index contributed by atoms with van der Waals surface area (Å²) in [7, 11) is 0. The predicted molar refractivity (Wildman–Crippen MR) is 76.1 cm³/mol. The molecule has 3 rings (SSSR count). The van der Waals surface area contributed by atoms with E-state index >= 15 is 0 Å². The molecule has 2 heterocycles. The van der Waals surface area contributed by atoms with Gasteiger partial charge in [-0.15, -0.1) is 0 Å². The molecule has 19 heavy (non-hydrogen) atoms. The van der Waals surface area contributed by atoms with Crippen molar-refractivity contribution in [3.63, 3.8) is 0 Å². The zero-order valence-electron chi connectivity index (χ0n) is 9.99. The van der Waals surface area contributed by atoms with E-state index < -0.39 is 0 Å². The monoisotopic (exact) mass is 270 g/mol. The van der Waals surface area contributed by atoms with E-state index in [-0.39, 0.29) is 0 Å². The molecule has 0 atom stereocenters. The topological polar surface area (TPSA) is 42.7 Å². The SMILES string of the molecule is Clc1ccc(Nc2cccc(-n3cccn3)c2)nc1. The van der Waals surface area contributed by atoms with Crippen molar-refractivity contribution in [1.82, 2.24) is 14.8 Å². The molecule has 0 radical (unpaired) electrons. The molecule has 0 aliphatic rings. The summed E-state index contributed by atoms with van der Waals surface area (Å²) in [5, 5.41) is 8.05. The first-order valence-corrected chi connectivity index (χ1v) is 6.18. The second kappa shape index (κ2) is 5.12. The summed E-state index contributed by atoms with van der Waals surface area (Å²) in [6.45, 7) is 0. The summed E-state index contributed by atoms with van der Waals surface area (Å²) < 4.78 is 1.81. The largest absolute Gasteiger partial charge is 0.340 e. The summed E-state index contributed by atoms with van der Waals surface area (Å²) in [5.74, 6) is 0.752. The lowest BCUT2D eigenvalue weighted by Crippen LogP contribution is -1.97. The van der Waals surface area contributed by atoms with Gasteiger partial charge in [-0.1, -0.05) is 17.7 Å². The van der Waals surface area contributed by atoms with Crippen molar-refractivity contribution < 1.29 is 0 Å². The van der Waals surface area contributed by atoms with Gasteiger partial charge in [0.2, 0.25) is 0 Å². The fourth-order valence-electron chi connectivity index (χ4n) is 1.75. The van der Waals surface area contributed by atoms with Crippen LogP contribution in [0.3, 0.4) is 0 Å². The van der Waals surface area contributed by atoms with Crippen LogP contribution in [0.25, 0.3) is 5.69 Å². The van der Waals surface area contributed by atoms with E-state index in [0.29, 0.717) is 5.02 Å². The van der Waals surface area contributed by atoms with Crippen LogP contribution in [0.2, 0.25) is 5.02 Å². The maximum Gasteiger partial charge on any atom is 0.130 e. The average molecular weight is 271 g/mol. The Morgan fingerprint density at radius 1 is 1.11 bits per heavy atom. The van der Waals surface area contributed by atoms with Gasteiger partial charge < -0.3 is 5.32 Å². The minimum absolute atomic E-state index is 0.621. The first-order valence-electron chi connectivity index (χ1n) is 5.80. The number of nitrogens with zero attached hydrogens (tertiary/aromatic N) is 3. The first kappa shape index (κ1) is 11.7. The van der Waals surface area contributed by atoms with Crippen LogP contribution in [0.1, 0.15) is 0 Å². The van der Waals surface area contributed by atoms with Gasteiger partial charge in [-0.3, -0.25) is 0 Å². The van der Waals surface area contributed by atoms with Crippen molar-refractivity contribution in [2.75, 3.05) is 5.32 Å². The van der Waals surface area contributed by atoms with Gasteiger partial charge >= 0.3 is 0 Å². The number of anilines is 2. The molecule has 1 aromatic carbocycles. The summed E-state index contributed by atoms with van der Waals surface area (Å²) in [4.78, 5) is 4.20. The summed E-state index contributed by atoms with van der Waals surface area (Å²) in [5.41, 5.74) is 1.94. The highest BCUT2D eigenvalue weighted by Gasteiger charge is 2.00. The molecule has 0 aliphatic heterocycles. The molecule has 0 bridgehead atoms. The molecule has 1 N–H and O–H groups in total. The molecule has 0 fully saturated rings. The number of hydrogen-bond acceptors (Lipinski definition) is 3. The fraction of sp³-hybridized carbons (Fsp3) is 0. The van der Waals surface area contributed by atoms with Crippen molar-refractivity contribution >= 4 is 23.1 Å². The number of halogens is 1. The zero-order chi connectivity index (χ0) is 13.1. The van der Waals surface area contributed by atoms with Gasteiger partial charge in [-0.2, -0.15) is 5.10 Å². The lowest BCUT2D eigenvalue weighted by atomic mass is 10.2. The molecule has 3 aromatic rings. The van der Waals surface area contributed by atoms with E-state index in [1.165, 1.54) is 0 Å². The lowest BCUT2D eigenvalue weighted by molar-refractivity contribution is 0.881. The minimum Gasteiger partial charge on any atom is -0.340 e. The Labute approximate surface area is 115 Å². The Morgan fingerprint density at radius 3 is 2.79 bits per heavy atom. The third-order valence-corrected chi connectivity index (χ3v) is 2.84. The Balaban J connectivity index is 1.85. The van der Waals surface area contributed by atoms with Crippen molar-refractivity contribution in [3.8, 4) is 5.69 Å². The van der Waals surface area contributed by atoms with Crippen LogP contribution in [0, 0.1) is 0 Å². The molecule has 0 saturated heterocycles. The first-order chi connectivity index (χ1) is 9.31. The standard InChI is InChI=1S/C14H11ClN4/c15-11-5-6-14(16-10-11)18-12-3-1-4-13(9-12)19-8-2-7-17-19/h1-10H,(H,16,18). The highest BCUT2D eigenvalue weighted by atomic mass is 35.5. The van der Waals surface area contributed by atoms with Crippen LogP contribution >= 0.6 is 11.6 Å². The van der Waals surface area contributed by atoms with Gasteiger partial charge in [-0.25, -0.2) is 9.67 Å². The van der Waals surface area contributed by atoms with Crippen LogP contribution in [0.5, 0.6) is 0 Å². The maximum atomic E-state index is 5.81. The van der Waals surface area contributed by atoms with Gasteiger partial charge in [0.15, 0.2) is 0 Å². The molecule has 0 unspecified atom stereocenters. The third kappa shape index (κ3) is 2.74. The molecule has 5 heteroatoms. The maximum absolute atomic E-state index is 5.81. The quantitative estimate of drug-likeness (QED) is 0.790. The van der Waals surface area contributed by atoms with Crippen molar-refractivity contribution in [2.24, 2.45) is 0 Å². The fourth-order valence-corrected chi connectivity index (χ4v) is 1.86. The van der Waals surface area contributed by atoms with Gasteiger partial charge in [0.05, 0.1) is 10.7 Å². The van der Waals surface area contributed by atoms with Crippen LogP contribution in [-0.4, -0.2) is 14.8 Å². The van der Waals surface area contributed by atoms with E-state index in [1.54, 1.807) is 23.1 Å². The Kier molecular flexibility index (Phi) is 3.16. The Bertz CT molecular complexity index is 662. The normalized spacial score (nSPS) is 10.4. The predicted octanol–water partition coefficient (Wildman–Crippen LogP) is 3.66. The number of pyridine rings is 1. The summed E-state index contributed by atoms with van der Waals surface area (Å²) in [6, 6.07) is 13.5. The van der Waals surface area contributed by atoms with Crippen LogP contribution in [0.4, 0.5) is 11.5 Å². The summed E-state index contributed by atoms with van der Waals surface area (Å²) in [6.07, 6.45) is 5.27. The van der Waals surface area contributed by atoms with Crippen LogP contribution in [0.15, 0.2) is 61.1 Å². The highest BCUT2D eigenvalue weighted by molar-refractivity contribution is 6.30. The van der Waals surface area contributed by atoms with Gasteiger partial charge in [0.1, 0.15) is 5.82 Å². The Morgan fingerprint density at radius 2 is 2.05 bits per heavy atom. The smallest absolute Gasteiger partial charge is 0.130 e. The molecular weight excluding hydrogens is 260 g/mol. The number of benzene rings is 1. The van der Waals surface area contributed by atoms with Gasteiger partial charge in [0, 0.05) is 24.3 Å². The molecule has 0 spiro atoms. The van der Waals surface area contributed by atoms with E-state index in [0.717, 1.165) is 17.2 Å². The lowest BCUT2D eigenvalue weighted by Gasteiger charge is -2.07. The van der Waals surface area contributed by atoms with Crippen molar-refractivity contribution in [2.45, 2.75) is 0 Å².